The average molecular weight is 237 g/mol. The summed E-state index contributed by atoms with van der Waals surface area (Å²) in [7, 11) is 0. The molecule has 0 saturated heterocycles. The predicted octanol–water partition coefficient (Wildman–Crippen LogP) is 5.02. The Labute approximate surface area is 99.5 Å². The first-order chi connectivity index (χ1) is 7.29. The SMILES string of the molecule is CCCc1ccc(-c2ccc(Cl)cc2)s1. The molecule has 0 aliphatic carbocycles. The van der Waals surface area contributed by atoms with Crippen molar-refractivity contribution >= 4 is 22.9 Å². The highest BCUT2D eigenvalue weighted by atomic mass is 35.5. The van der Waals surface area contributed by atoms with Gasteiger partial charge in [-0.2, -0.15) is 0 Å². The summed E-state index contributed by atoms with van der Waals surface area (Å²) < 4.78 is 0. The second kappa shape index (κ2) is 4.82. The molecule has 1 aromatic heterocycles. The van der Waals surface area contributed by atoms with E-state index in [1.165, 1.54) is 28.2 Å². The van der Waals surface area contributed by atoms with Gasteiger partial charge in [-0.1, -0.05) is 37.1 Å². The maximum Gasteiger partial charge on any atom is 0.0406 e. The van der Waals surface area contributed by atoms with E-state index in [2.05, 4.69) is 31.2 Å². The van der Waals surface area contributed by atoms with Gasteiger partial charge in [0.25, 0.3) is 0 Å². The highest BCUT2D eigenvalue weighted by molar-refractivity contribution is 7.15. The molecule has 15 heavy (non-hydrogen) atoms. The fourth-order valence-corrected chi connectivity index (χ4v) is 2.77. The van der Waals surface area contributed by atoms with Gasteiger partial charge in [0.05, 0.1) is 0 Å². The van der Waals surface area contributed by atoms with Crippen molar-refractivity contribution in [1.82, 2.24) is 0 Å². The van der Waals surface area contributed by atoms with Crippen LogP contribution in [0.2, 0.25) is 5.02 Å². The van der Waals surface area contributed by atoms with Crippen molar-refractivity contribution in [3.63, 3.8) is 0 Å². The van der Waals surface area contributed by atoms with Crippen molar-refractivity contribution in [2.45, 2.75) is 19.8 Å². The molecule has 0 unspecified atom stereocenters. The monoisotopic (exact) mass is 236 g/mol. The molecule has 0 nitrogen and oxygen atoms in total. The van der Waals surface area contributed by atoms with E-state index in [9.17, 15) is 0 Å². The van der Waals surface area contributed by atoms with Crippen molar-refractivity contribution in [3.8, 4) is 10.4 Å². The van der Waals surface area contributed by atoms with Crippen LogP contribution in [-0.4, -0.2) is 0 Å². The number of thiophene rings is 1. The van der Waals surface area contributed by atoms with Gasteiger partial charge in [0.1, 0.15) is 0 Å². The van der Waals surface area contributed by atoms with Crippen molar-refractivity contribution in [2.75, 3.05) is 0 Å². The van der Waals surface area contributed by atoms with Gasteiger partial charge in [0.2, 0.25) is 0 Å². The number of halogens is 1. The molecule has 0 fully saturated rings. The van der Waals surface area contributed by atoms with Gasteiger partial charge >= 0.3 is 0 Å². The lowest BCUT2D eigenvalue weighted by Crippen LogP contribution is -1.72. The van der Waals surface area contributed by atoms with Gasteiger partial charge in [-0.05, 0) is 36.2 Å². The Morgan fingerprint density at radius 2 is 1.80 bits per heavy atom. The fourth-order valence-electron chi connectivity index (χ4n) is 1.53. The molecule has 0 spiro atoms. The number of rotatable bonds is 3. The minimum absolute atomic E-state index is 0.795. The van der Waals surface area contributed by atoms with E-state index in [-0.39, 0.29) is 0 Å². The fraction of sp³-hybridized carbons (Fsp3) is 0.231. The molecule has 0 aliphatic heterocycles. The van der Waals surface area contributed by atoms with Crippen LogP contribution in [-0.2, 0) is 6.42 Å². The molecule has 0 aliphatic rings. The van der Waals surface area contributed by atoms with Crippen molar-refractivity contribution in [3.05, 3.63) is 46.3 Å². The molecular weight excluding hydrogens is 224 g/mol. The maximum absolute atomic E-state index is 5.86. The molecule has 0 N–H and O–H groups in total. The van der Waals surface area contributed by atoms with Gasteiger partial charge in [0.15, 0.2) is 0 Å². The number of hydrogen-bond acceptors (Lipinski definition) is 1. The third-order valence-electron chi connectivity index (χ3n) is 2.29. The molecule has 2 rings (SSSR count). The third kappa shape index (κ3) is 2.61. The molecule has 0 saturated carbocycles. The Morgan fingerprint density at radius 3 is 2.47 bits per heavy atom. The minimum atomic E-state index is 0.795. The van der Waals surface area contributed by atoms with E-state index in [0.717, 1.165) is 5.02 Å². The van der Waals surface area contributed by atoms with E-state index in [0.29, 0.717) is 0 Å². The molecule has 78 valence electrons. The van der Waals surface area contributed by atoms with Gasteiger partial charge in [0, 0.05) is 14.8 Å². The van der Waals surface area contributed by atoms with E-state index in [1.807, 2.05) is 23.5 Å². The van der Waals surface area contributed by atoms with Crippen molar-refractivity contribution in [2.24, 2.45) is 0 Å². The van der Waals surface area contributed by atoms with Crippen LogP contribution in [0.15, 0.2) is 36.4 Å². The molecule has 1 aromatic carbocycles. The molecule has 0 atom stereocenters. The molecule has 0 radical (unpaired) electrons. The number of hydrogen-bond donors (Lipinski definition) is 0. The summed E-state index contributed by atoms with van der Waals surface area (Å²) in [5.74, 6) is 0. The first kappa shape index (κ1) is 10.7. The van der Waals surface area contributed by atoms with Gasteiger partial charge in [-0.15, -0.1) is 11.3 Å². The van der Waals surface area contributed by atoms with Crippen LogP contribution in [0.3, 0.4) is 0 Å². The van der Waals surface area contributed by atoms with Crippen LogP contribution in [0.4, 0.5) is 0 Å². The summed E-state index contributed by atoms with van der Waals surface area (Å²) in [6.07, 6.45) is 2.39. The second-order valence-electron chi connectivity index (χ2n) is 3.52. The average Bonchev–Trinajstić information content (AvgIpc) is 2.68. The van der Waals surface area contributed by atoms with Crippen molar-refractivity contribution < 1.29 is 0 Å². The van der Waals surface area contributed by atoms with E-state index in [1.54, 1.807) is 0 Å². The van der Waals surface area contributed by atoms with Gasteiger partial charge < -0.3 is 0 Å². The first-order valence-corrected chi connectivity index (χ1v) is 6.33. The summed E-state index contributed by atoms with van der Waals surface area (Å²) >= 11 is 7.73. The smallest absolute Gasteiger partial charge is 0.0406 e. The molecule has 2 aromatic rings. The zero-order valence-electron chi connectivity index (χ0n) is 8.66. The topological polar surface area (TPSA) is 0 Å². The Bertz CT molecular complexity index is 428. The first-order valence-electron chi connectivity index (χ1n) is 5.14. The highest BCUT2D eigenvalue weighted by Gasteiger charge is 2.01. The molecule has 0 bridgehead atoms. The zero-order chi connectivity index (χ0) is 10.7. The molecule has 0 amide bonds. The van der Waals surface area contributed by atoms with Gasteiger partial charge in [-0.25, -0.2) is 0 Å². The normalized spacial score (nSPS) is 10.5. The summed E-state index contributed by atoms with van der Waals surface area (Å²) in [5, 5.41) is 0.795. The highest BCUT2D eigenvalue weighted by Crippen LogP contribution is 2.29. The van der Waals surface area contributed by atoms with Crippen LogP contribution in [0.5, 0.6) is 0 Å². The van der Waals surface area contributed by atoms with Gasteiger partial charge in [-0.3, -0.25) is 0 Å². The Hall–Kier alpha value is -0.790. The molecular formula is C13H13ClS. The van der Waals surface area contributed by atoms with Crippen LogP contribution >= 0.6 is 22.9 Å². The standard InChI is InChI=1S/C13H13ClS/c1-2-3-12-8-9-13(15-12)10-4-6-11(14)7-5-10/h4-9H,2-3H2,1H3. The Kier molecular flexibility index (Phi) is 3.45. The summed E-state index contributed by atoms with van der Waals surface area (Å²) in [5.41, 5.74) is 1.26. The van der Waals surface area contributed by atoms with E-state index in [4.69, 9.17) is 11.6 Å². The largest absolute Gasteiger partial charge is 0.140 e. The lowest BCUT2D eigenvalue weighted by Gasteiger charge is -1.96. The lowest BCUT2D eigenvalue weighted by atomic mass is 10.2. The lowest BCUT2D eigenvalue weighted by molar-refractivity contribution is 0.940. The maximum atomic E-state index is 5.86. The summed E-state index contributed by atoms with van der Waals surface area (Å²) in [6.45, 7) is 2.21. The van der Waals surface area contributed by atoms with E-state index >= 15 is 0 Å². The third-order valence-corrected chi connectivity index (χ3v) is 3.73. The van der Waals surface area contributed by atoms with Crippen molar-refractivity contribution in [1.29, 1.82) is 0 Å². The Morgan fingerprint density at radius 1 is 1.07 bits per heavy atom. The van der Waals surface area contributed by atoms with E-state index < -0.39 is 0 Å². The predicted molar refractivity (Wildman–Crippen MR) is 68.8 cm³/mol. The summed E-state index contributed by atoms with van der Waals surface area (Å²) in [4.78, 5) is 2.79. The van der Waals surface area contributed by atoms with Crippen LogP contribution < -0.4 is 0 Å². The van der Waals surface area contributed by atoms with Crippen LogP contribution in [0.1, 0.15) is 18.2 Å². The zero-order valence-corrected chi connectivity index (χ0v) is 10.2. The number of benzene rings is 1. The molecule has 2 heteroatoms. The summed E-state index contributed by atoms with van der Waals surface area (Å²) in [6, 6.07) is 12.4. The van der Waals surface area contributed by atoms with Crippen LogP contribution in [0, 0.1) is 0 Å². The molecule has 1 heterocycles. The number of aryl methyl sites for hydroxylation is 1. The van der Waals surface area contributed by atoms with Crippen LogP contribution in [0.25, 0.3) is 10.4 Å². The minimum Gasteiger partial charge on any atom is -0.140 e. The Balaban J connectivity index is 2.25. The quantitative estimate of drug-likeness (QED) is 0.702. The second-order valence-corrected chi connectivity index (χ2v) is 5.13.